The average molecular weight is 411 g/mol. The molecule has 0 aliphatic heterocycles. The first-order valence-corrected chi connectivity index (χ1v) is 9.62. The van der Waals surface area contributed by atoms with Crippen molar-refractivity contribution in [1.82, 2.24) is 20.4 Å². The Morgan fingerprint density at radius 1 is 1.07 bits per heavy atom. The fourth-order valence-corrected chi connectivity index (χ4v) is 3.29. The van der Waals surface area contributed by atoms with Crippen molar-refractivity contribution in [3.05, 3.63) is 87.7 Å². The normalized spacial score (nSPS) is 11.7. The minimum absolute atomic E-state index is 0.229. The second-order valence-corrected chi connectivity index (χ2v) is 7.25. The van der Waals surface area contributed by atoms with Crippen molar-refractivity contribution in [2.45, 2.75) is 26.4 Å². The quantitative estimate of drug-likeness (QED) is 0.653. The number of halogens is 1. The number of amides is 2. The summed E-state index contributed by atoms with van der Waals surface area (Å²) in [6.07, 6.45) is 0. The largest absolute Gasteiger partial charge is 0.350 e. The van der Waals surface area contributed by atoms with E-state index in [0.29, 0.717) is 17.8 Å². The summed E-state index contributed by atoms with van der Waals surface area (Å²) in [6, 6.07) is 16.2. The van der Waals surface area contributed by atoms with Crippen LogP contribution in [0.2, 0.25) is 5.15 Å². The molecule has 0 saturated heterocycles. The molecule has 150 valence electrons. The number of nitrogens with one attached hydrogen (secondary N) is 2. The SMILES string of the molecule is Cc1ccc(CNC(=O)[C@H](NC(=O)c2c(C)nn(C)c2Cl)c2ccccc2)cc1. The van der Waals surface area contributed by atoms with Gasteiger partial charge in [0.05, 0.1) is 11.3 Å². The maximum absolute atomic E-state index is 12.9. The Morgan fingerprint density at radius 2 is 1.72 bits per heavy atom. The number of carbonyl (C=O) groups is 2. The zero-order valence-corrected chi connectivity index (χ0v) is 17.3. The molecule has 0 spiro atoms. The van der Waals surface area contributed by atoms with Gasteiger partial charge < -0.3 is 10.6 Å². The highest BCUT2D eigenvalue weighted by atomic mass is 35.5. The third-order valence-corrected chi connectivity index (χ3v) is 5.07. The molecule has 2 N–H and O–H groups in total. The number of benzene rings is 2. The van der Waals surface area contributed by atoms with Gasteiger partial charge in [0.25, 0.3) is 5.91 Å². The third-order valence-electron chi connectivity index (χ3n) is 4.64. The van der Waals surface area contributed by atoms with Crippen LogP contribution in [0.15, 0.2) is 54.6 Å². The molecule has 6 nitrogen and oxygen atoms in total. The fourth-order valence-electron chi connectivity index (χ4n) is 3.03. The molecule has 1 heterocycles. The molecule has 0 aliphatic rings. The smallest absolute Gasteiger partial charge is 0.257 e. The predicted octanol–water partition coefficient (Wildman–Crippen LogP) is 3.48. The number of aryl methyl sites for hydroxylation is 3. The van der Waals surface area contributed by atoms with Gasteiger partial charge in [-0.25, -0.2) is 0 Å². The van der Waals surface area contributed by atoms with Crippen molar-refractivity contribution in [3.8, 4) is 0 Å². The Bertz CT molecular complexity index is 1010. The molecule has 1 atom stereocenters. The maximum atomic E-state index is 12.9. The number of aromatic nitrogens is 2. The molecule has 1 aromatic heterocycles. The highest BCUT2D eigenvalue weighted by Crippen LogP contribution is 2.21. The molecule has 7 heteroatoms. The van der Waals surface area contributed by atoms with Gasteiger partial charge in [-0.2, -0.15) is 5.10 Å². The lowest BCUT2D eigenvalue weighted by Crippen LogP contribution is -2.40. The number of hydrogen-bond acceptors (Lipinski definition) is 3. The summed E-state index contributed by atoms with van der Waals surface area (Å²) >= 11 is 6.21. The van der Waals surface area contributed by atoms with Crippen LogP contribution >= 0.6 is 11.6 Å². The summed E-state index contributed by atoms with van der Waals surface area (Å²) in [5.41, 5.74) is 3.58. The van der Waals surface area contributed by atoms with E-state index in [1.165, 1.54) is 4.68 Å². The van der Waals surface area contributed by atoms with Crippen molar-refractivity contribution in [2.75, 3.05) is 0 Å². The summed E-state index contributed by atoms with van der Waals surface area (Å²) in [4.78, 5) is 25.8. The summed E-state index contributed by atoms with van der Waals surface area (Å²) in [5, 5.41) is 10.1. The van der Waals surface area contributed by atoms with Crippen LogP contribution in [0.25, 0.3) is 0 Å². The van der Waals surface area contributed by atoms with E-state index in [1.54, 1.807) is 26.1 Å². The standard InChI is InChI=1S/C22H23ClN4O2/c1-14-9-11-16(12-10-14)13-24-22(29)19(17-7-5-4-6-8-17)25-21(28)18-15(2)26-27(3)20(18)23/h4-12,19H,13H2,1-3H3,(H,24,29)(H,25,28)/t19-/m1/s1. The molecule has 2 amide bonds. The van der Waals surface area contributed by atoms with E-state index in [9.17, 15) is 9.59 Å². The van der Waals surface area contributed by atoms with Gasteiger partial charge in [-0.1, -0.05) is 71.8 Å². The molecule has 0 fully saturated rings. The molecule has 29 heavy (non-hydrogen) atoms. The van der Waals surface area contributed by atoms with E-state index in [2.05, 4.69) is 15.7 Å². The number of rotatable bonds is 6. The van der Waals surface area contributed by atoms with E-state index in [1.807, 2.05) is 49.4 Å². The van der Waals surface area contributed by atoms with E-state index in [-0.39, 0.29) is 16.6 Å². The molecule has 0 saturated carbocycles. The monoisotopic (exact) mass is 410 g/mol. The molecule has 2 aromatic carbocycles. The van der Waals surface area contributed by atoms with Crippen LogP contribution in [-0.4, -0.2) is 21.6 Å². The maximum Gasteiger partial charge on any atom is 0.257 e. The van der Waals surface area contributed by atoms with Crippen molar-refractivity contribution < 1.29 is 9.59 Å². The second-order valence-electron chi connectivity index (χ2n) is 6.90. The summed E-state index contributed by atoms with van der Waals surface area (Å²) < 4.78 is 1.43. The van der Waals surface area contributed by atoms with Crippen LogP contribution in [0.1, 0.15) is 38.8 Å². The third kappa shape index (κ3) is 4.84. The Hall–Kier alpha value is -3.12. The molecule has 3 rings (SSSR count). The average Bonchev–Trinajstić information content (AvgIpc) is 2.97. The number of carbonyl (C=O) groups excluding carboxylic acids is 2. The Morgan fingerprint density at radius 3 is 2.31 bits per heavy atom. The van der Waals surface area contributed by atoms with Crippen LogP contribution in [0.4, 0.5) is 0 Å². The second kappa shape index (κ2) is 8.92. The van der Waals surface area contributed by atoms with Crippen LogP contribution < -0.4 is 10.6 Å². The van der Waals surface area contributed by atoms with E-state index >= 15 is 0 Å². The predicted molar refractivity (Wildman–Crippen MR) is 113 cm³/mol. The lowest BCUT2D eigenvalue weighted by molar-refractivity contribution is -0.123. The summed E-state index contributed by atoms with van der Waals surface area (Å²) in [5.74, 6) is -0.747. The van der Waals surface area contributed by atoms with Gasteiger partial charge in [0.2, 0.25) is 5.91 Å². The first kappa shape index (κ1) is 20.6. The van der Waals surface area contributed by atoms with Gasteiger partial charge in [-0.15, -0.1) is 0 Å². The van der Waals surface area contributed by atoms with Gasteiger partial charge in [-0.05, 0) is 25.0 Å². The highest BCUT2D eigenvalue weighted by molar-refractivity contribution is 6.33. The molecule has 0 bridgehead atoms. The first-order chi connectivity index (χ1) is 13.9. The lowest BCUT2D eigenvalue weighted by atomic mass is 10.1. The highest BCUT2D eigenvalue weighted by Gasteiger charge is 2.26. The van der Waals surface area contributed by atoms with Crippen LogP contribution in [0.3, 0.4) is 0 Å². The van der Waals surface area contributed by atoms with Gasteiger partial charge in [0.15, 0.2) is 0 Å². The Balaban J connectivity index is 1.80. The van der Waals surface area contributed by atoms with Gasteiger partial charge in [-0.3, -0.25) is 14.3 Å². The molecule has 3 aromatic rings. The Labute approximate surface area is 174 Å². The molecule has 0 radical (unpaired) electrons. The Kier molecular flexibility index (Phi) is 6.34. The zero-order chi connectivity index (χ0) is 21.0. The first-order valence-electron chi connectivity index (χ1n) is 9.25. The van der Waals surface area contributed by atoms with E-state index < -0.39 is 11.9 Å². The fraction of sp³-hybridized carbons (Fsp3) is 0.227. The molecular formula is C22H23ClN4O2. The number of nitrogens with zero attached hydrogens (tertiary/aromatic N) is 2. The summed E-state index contributed by atoms with van der Waals surface area (Å²) in [6.45, 7) is 4.08. The number of hydrogen-bond donors (Lipinski definition) is 2. The minimum atomic E-state index is -0.857. The zero-order valence-electron chi connectivity index (χ0n) is 16.6. The van der Waals surface area contributed by atoms with Crippen molar-refractivity contribution in [1.29, 1.82) is 0 Å². The van der Waals surface area contributed by atoms with Crippen LogP contribution in [-0.2, 0) is 18.4 Å². The molecule has 0 aliphatic carbocycles. The summed E-state index contributed by atoms with van der Waals surface area (Å²) in [7, 11) is 1.66. The van der Waals surface area contributed by atoms with Crippen LogP contribution in [0.5, 0.6) is 0 Å². The minimum Gasteiger partial charge on any atom is -0.350 e. The van der Waals surface area contributed by atoms with Gasteiger partial charge in [0, 0.05) is 13.6 Å². The molecular weight excluding hydrogens is 388 g/mol. The lowest BCUT2D eigenvalue weighted by Gasteiger charge is -2.19. The van der Waals surface area contributed by atoms with Crippen molar-refractivity contribution in [3.63, 3.8) is 0 Å². The topological polar surface area (TPSA) is 76.0 Å². The van der Waals surface area contributed by atoms with E-state index in [0.717, 1.165) is 11.1 Å². The van der Waals surface area contributed by atoms with Crippen LogP contribution in [0, 0.1) is 13.8 Å². The van der Waals surface area contributed by atoms with Crippen molar-refractivity contribution >= 4 is 23.4 Å². The van der Waals surface area contributed by atoms with Gasteiger partial charge in [0.1, 0.15) is 11.2 Å². The van der Waals surface area contributed by atoms with Gasteiger partial charge >= 0.3 is 0 Å². The van der Waals surface area contributed by atoms with Crippen molar-refractivity contribution in [2.24, 2.45) is 7.05 Å². The molecule has 0 unspecified atom stereocenters. The van der Waals surface area contributed by atoms with E-state index in [4.69, 9.17) is 11.6 Å².